The summed E-state index contributed by atoms with van der Waals surface area (Å²) in [4.78, 5) is 24.2. The van der Waals surface area contributed by atoms with Crippen molar-refractivity contribution >= 4 is 17.5 Å². The van der Waals surface area contributed by atoms with Crippen LogP contribution >= 0.6 is 0 Å². The molecule has 0 radical (unpaired) electrons. The molecule has 2 amide bonds. The van der Waals surface area contributed by atoms with Gasteiger partial charge < -0.3 is 15.4 Å². The van der Waals surface area contributed by atoms with Crippen LogP contribution in [-0.2, 0) is 4.79 Å². The molecule has 0 spiro atoms. The lowest BCUT2D eigenvalue weighted by molar-refractivity contribution is -0.115. The molecule has 126 valence electrons. The van der Waals surface area contributed by atoms with Crippen LogP contribution in [0.25, 0.3) is 0 Å². The number of para-hydroxylation sites is 2. The van der Waals surface area contributed by atoms with Gasteiger partial charge in [0.25, 0.3) is 5.91 Å². The molecule has 2 aromatic carbocycles. The molecule has 0 unspecified atom stereocenters. The molecule has 0 heterocycles. The molecule has 2 aromatic rings. The van der Waals surface area contributed by atoms with Crippen LogP contribution in [0.2, 0.25) is 0 Å². The molecule has 24 heavy (non-hydrogen) atoms. The minimum atomic E-state index is -0.309. The lowest BCUT2D eigenvalue weighted by Crippen LogP contribution is -2.33. The Morgan fingerprint density at radius 1 is 1.04 bits per heavy atom. The van der Waals surface area contributed by atoms with Crippen molar-refractivity contribution in [3.63, 3.8) is 0 Å². The highest BCUT2D eigenvalue weighted by Crippen LogP contribution is 2.24. The number of hydrogen-bond donors (Lipinski definition) is 2. The van der Waals surface area contributed by atoms with Crippen molar-refractivity contribution in [1.82, 2.24) is 5.32 Å². The van der Waals surface area contributed by atoms with Crippen LogP contribution in [0.5, 0.6) is 5.75 Å². The number of amides is 2. The Morgan fingerprint density at radius 2 is 1.71 bits per heavy atom. The van der Waals surface area contributed by atoms with Crippen molar-refractivity contribution in [2.24, 2.45) is 0 Å². The first-order valence-corrected chi connectivity index (χ1v) is 7.86. The number of ether oxygens (including phenoxy) is 1. The van der Waals surface area contributed by atoms with Crippen LogP contribution in [0.3, 0.4) is 0 Å². The van der Waals surface area contributed by atoms with Gasteiger partial charge >= 0.3 is 0 Å². The van der Waals surface area contributed by atoms with Gasteiger partial charge in [-0.15, -0.1) is 0 Å². The zero-order valence-electron chi connectivity index (χ0n) is 14.1. The molecule has 5 heteroatoms. The largest absolute Gasteiger partial charge is 0.489 e. The Morgan fingerprint density at radius 3 is 2.42 bits per heavy atom. The Bertz CT molecular complexity index is 726. The van der Waals surface area contributed by atoms with Gasteiger partial charge in [0.15, 0.2) is 0 Å². The summed E-state index contributed by atoms with van der Waals surface area (Å²) < 4.78 is 5.65. The molecule has 2 rings (SSSR count). The second-order valence-corrected chi connectivity index (χ2v) is 5.71. The quantitative estimate of drug-likeness (QED) is 0.857. The molecular weight excluding hydrogens is 304 g/mol. The number of aryl methyl sites for hydroxylation is 1. The van der Waals surface area contributed by atoms with E-state index in [4.69, 9.17) is 4.74 Å². The summed E-state index contributed by atoms with van der Waals surface area (Å²) in [6, 6.07) is 14.5. The second kappa shape index (κ2) is 8.15. The van der Waals surface area contributed by atoms with Crippen molar-refractivity contribution in [3.8, 4) is 5.75 Å². The molecule has 2 N–H and O–H groups in total. The van der Waals surface area contributed by atoms with E-state index in [1.54, 1.807) is 24.3 Å². The Hall–Kier alpha value is -2.82. The predicted octanol–water partition coefficient (Wildman–Crippen LogP) is 3.15. The third-order valence-corrected chi connectivity index (χ3v) is 3.32. The molecule has 0 aliphatic rings. The maximum Gasteiger partial charge on any atom is 0.251 e. The van der Waals surface area contributed by atoms with E-state index in [2.05, 4.69) is 10.6 Å². The summed E-state index contributed by atoms with van der Waals surface area (Å²) in [7, 11) is 0. The summed E-state index contributed by atoms with van der Waals surface area (Å²) in [5.41, 5.74) is 2.02. The lowest BCUT2D eigenvalue weighted by atomic mass is 10.1. The third kappa shape index (κ3) is 4.84. The number of benzene rings is 2. The van der Waals surface area contributed by atoms with E-state index in [9.17, 15) is 9.59 Å². The maximum absolute atomic E-state index is 12.1. The fraction of sp³-hybridized carbons (Fsp3) is 0.263. The van der Waals surface area contributed by atoms with Crippen LogP contribution in [0.4, 0.5) is 5.69 Å². The normalized spacial score (nSPS) is 10.3. The smallest absolute Gasteiger partial charge is 0.251 e. The van der Waals surface area contributed by atoms with Crippen LogP contribution < -0.4 is 15.4 Å². The van der Waals surface area contributed by atoms with E-state index in [1.165, 1.54) is 0 Å². The summed E-state index contributed by atoms with van der Waals surface area (Å²) in [5.74, 6) is 0.0257. The van der Waals surface area contributed by atoms with Gasteiger partial charge in [-0.2, -0.15) is 0 Å². The standard InChI is InChI=1S/C19H22N2O3/c1-13(2)24-17-11-7-6-10-16(17)21-18(22)12-20-19(23)15-9-5-4-8-14(15)3/h4-11,13H,12H2,1-3H3,(H,20,23)(H,21,22). The Labute approximate surface area is 142 Å². The first-order valence-electron chi connectivity index (χ1n) is 7.86. The average molecular weight is 326 g/mol. The molecule has 0 bridgehead atoms. The van der Waals surface area contributed by atoms with Gasteiger partial charge in [0.2, 0.25) is 5.91 Å². The van der Waals surface area contributed by atoms with Crippen molar-refractivity contribution in [2.75, 3.05) is 11.9 Å². The van der Waals surface area contributed by atoms with Gasteiger partial charge in [-0.05, 0) is 44.5 Å². The van der Waals surface area contributed by atoms with E-state index in [-0.39, 0.29) is 24.5 Å². The van der Waals surface area contributed by atoms with Crippen molar-refractivity contribution in [3.05, 3.63) is 59.7 Å². The molecule has 0 saturated carbocycles. The fourth-order valence-electron chi connectivity index (χ4n) is 2.20. The van der Waals surface area contributed by atoms with E-state index in [0.717, 1.165) is 5.56 Å². The Kier molecular flexibility index (Phi) is 5.95. The molecule has 0 saturated heterocycles. The third-order valence-electron chi connectivity index (χ3n) is 3.32. The van der Waals surface area contributed by atoms with Gasteiger partial charge in [0.1, 0.15) is 5.75 Å². The highest BCUT2D eigenvalue weighted by atomic mass is 16.5. The topological polar surface area (TPSA) is 67.4 Å². The molecule has 0 atom stereocenters. The minimum absolute atomic E-state index is 0.00353. The zero-order chi connectivity index (χ0) is 17.5. The fourth-order valence-corrected chi connectivity index (χ4v) is 2.20. The summed E-state index contributed by atoms with van der Waals surface area (Å²) in [6.07, 6.45) is 0.00353. The molecule has 0 aliphatic carbocycles. The van der Waals surface area contributed by atoms with Crippen LogP contribution in [0.1, 0.15) is 29.8 Å². The molecule has 0 aromatic heterocycles. The van der Waals surface area contributed by atoms with Crippen LogP contribution in [-0.4, -0.2) is 24.5 Å². The average Bonchev–Trinajstić information content (AvgIpc) is 2.54. The van der Waals surface area contributed by atoms with E-state index in [1.807, 2.05) is 45.0 Å². The highest BCUT2D eigenvalue weighted by Gasteiger charge is 2.12. The van der Waals surface area contributed by atoms with Crippen LogP contribution in [0.15, 0.2) is 48.5 Å². The van der Waals surface area contributed by atoms with Crippen molar-refractivity contribution < 1.29 is 14.3 Å². The summed E-state index contributed by atoms with van der Waals surface area (Å²) in [5, 5.41) is 5.39. The maximum atomic E-state index is 12.1. The molecule has 5 nitrogen and oxygen atoms in total. The predicted molar refractivity (Wildman–Crippen MR) is 94.3 cm³/mol. The number of carbonyl (C=O) groups is 2. The van der Waals surface area contributed by atoms with E-state index in [0.29, 0.717) is 17.0 Å². The molecule has 0 aliphatic heterocycles. The van der Waals surface area contributed by atoms with Crippen molar-refractivity contribution in [1.29, 1.82) is 0 Å². The van der Waals surface area contributed by atoms with E-state index >= 15 is 0 Å². The number of carbonyl (C=O) groups excluding carboxylic acids is 2. The zero-order valence-corrected chi connectivity index (χ0v) is 14.1. The monoisotopic (exact) mass is 326 g/mol. The number of anilines is 1. The minimum Gasteiger partial charge on any atom is -0.489 e. The van der Waals surface area contributed by atoms with Gasteiger partial charge in [-0.3, -0.25) is 9.59 Å². The van der Waals surface area contributed by atoms with Crippen molar-refractivity contribution in [2.45, 2.75) is 26.9 Å². The SMILES string of the molecule is Cc1ccccc1C(=O)NCC(=O)Nc1ccccc1OC(C)C. The Balaban J connectivity index is 1.95. The van der Waals surface area contributed by atoms with Gasteiger partial charge in [-0.25, -0.2) is 0 Å². The van der Waals surface area contributed by atoms with E-state index < -0.39 is 0 Å². The lowest BCUT2D eigenvalue weighted by Gasteiger charge is -2.15. The highest BCUT2D eigenvalue weighted by molar-refractivity contribution is 6.00. The number of hydrogen-bond acceptors (Lipinski definition) is 3. The molecular formula is C19H22N2O3. The molecule has 0 fully saturated rings. The number of rotatable bonds is 6. The van der Waals surface area contributed by atoms with Gasteiger partial charge in [0, 0.05) is 5.56 Å². The first-order chi connectivity index (χ1) is 11.5. The summed E-state index contributed by atoms with van der Waals surface area (Å²) in [6.45, 7) is 5.58. The van der Waals surface area contributed by atoms with Gasteiger partial charge in [0.05, 0.1) is 18.3 Å². The second-order valence-electron chi connectivity index (χ2n) is 5.71. The first kappa shape index (κ1) is 17.5. The number of nitrogens with one attached hydrogen (secondary N) is 2. The summed E-state index contributed by atoms with van der Waals surface area (Å²) >= 11 is 0. The van der Waals surface area contributed by atoms with Gasteiger partial charge in [-0.1, -0.05) is 30.3 Å². The van der Waals surface area contributed by atoms with Crippen LogP contribution in [0, 0.1) is 6.92 Å².